The number of benzene rings is 3. The zero-order valence-corrected chi connectivity index (χ0v) is 15.0. The smallest absolute Gasteiger partial charge is 0.160 e. The van der Waals surface area contributed by atoms with Crippen LogP contribution in [0.1, 0.15) is 18.1 Å². The summed E-state index contributed by atoms with van der Waals surface area (Å²) in [5.74, 6) is 1.51. The lowest BCUT2D eigenvalue weighted by Crippen LogP contribution is -1.99. The van der Waals surface area contributed by atoms with Crippen LogP contribution in [0.15, 0.2) is 65.7 Å². The highest BCUT2D eigenvalue weighted by Gasteiger charge is 2.04. The minimum Gasteiger partial charge on any atom is -0.493 e. The topological polar surface area (TPSA) is 30.8 Å². The van der Waals surface area contributed by atoms with Gasteiger partial charge in [-0.25, -0.2) is 0 Å². The van der Waals surface area contributed by atoms with Crippen molar-refractivity contribution in [1.29, 1.82) is 0 Å². The molecule has 0 bridgehead atoms. The second kappa shape index (κ2) is 7.84. The van der Waals surface area contributed by atoms with E-state index in [1.54, 1.807) is 14.2 Å². The fourth-order valence-corrected chi connectivity index (χ4v) is 2.89. The van der Waals surface area contributed by atoms with E-state index in [1.807, 2.05) is 12.1 Å². The van der Waals surface area contributed by atoms with E-state index in [4.69, 9.17) is 14.5 Å². The molecule has 0 aliphatic heterocycles. The molecule has 0 aromatic heterocycles. The van der Waals surface area contributed by atoms with Gasteiger partial charge in [0.2, 0.25) is 0 Å². The van der Waals surface area contributed by atoms with E-state index >= 15 is 0 Å². The SMILES string of the molecule is COc1ccc(CCN=C(C)c2ccc3ccccc3c2)cc1OC. The van der Waals surface area contributed by atoms with Gasteiger partial charge < -0.3 is 9.47 Å². The van der Waals surface area contributed by atoms with Crippen molar-refractivity contribution in [2.75, 3.05) is 20.8 Å². The number of aliphatic imine (C=N–C) groups is 1. The van der Waals surface area contributed by atoms with E-state index in [1.165, 1.54) is 21.9 Å². The lowest BCUT2D eigenvalue weighted by molar-refractivity contribution is 0.354. The highest BCUT2D eigenvalue weighted by Crippen LogP contribution is 2.27. The largest absolute Gasteiger partial charge is 0.493 e. The van der Waals surface area contributed by atoms with Crippen molar-refractivity contribution in [2.24, 2.45) is 4.99 Å². The Morgan fingerprint density at radius 2 is 1.60 bits per heavy atom. The average molecular weight is 333 g/mol. The van der Waals surface area contributed by atoms with E-state index in [2.05, 4.69) is 55.5 Å². The maximum atomic E-state index is 5.35. The molecule has 0 N–H and O–H groups in total. The van der Waals surface area contributed by atoms with Gasteiger partial charge in [0.15, 0.2) is 11.5 Å². The second-order valence-electron chi connectivity index (χ2n) is 5.97. The molecule has 0 heterocycles. The van der Waals surface area contributed by atoms with Crippen LogP contribution in [0.4, 0.5) is 0 Å². The number of methoxy groups -OCH3 is 2. The van der Waals surface area contributed by atoms with E-state index < -0.39 is 0 Å². The van der Waals surface area contributed by atoms with Crippen LogP contribution in [-0.2, 0) is 6.42 Å². The third-order valence-corrected chi connectivity index (χ3v) is 4.36. The van der Waals surface area contributed by atoms with Crippen LogP contribution in [0.25, 0.3) is 10.8 Å². The molecule has 3 heteroatoms. The molecule has 0 fully saturated rings. The highest BCUT2D eigenvalue weighted by molar-refractivity contribution is 6.01. The summed E-state index contributed by atoms with van der Waals surface area (Å²) in [6.07, 6.45) is 0.866. The zero-order valence-electron chi connectivity index (χ0n) is 15.0. The molecule has 0 saturated heterocycles. The summed E-state index contributed by atoms with van der Waals surface area (Å²) in [5.41, 5.74) is 3.42. The Kier molecular flexibility index (Phi) is 5.34. The monoisotopic (exact) mass is 333 g/mol. The number of nitrogens with zero attached hydrogens (tertiary/aromatic N) is 1. The van der Waals surface area contributed by atoms with Gasteiger partial charge in [-0.15, -0.1) is 0 Å². The van der Waals surface area contributed by atoms with Gasteiger partial charge in [0.05, 0.1) is 14.2 Å². The second-order valence-corrected chi connectivity index (χ2v) is 5.97. The predicted octanol–water partition coefficient (Wildman–Crippen LogP) is 4.91. The van der Waals surface area contributed by atoms with E-state index in [0.717, 1.165) is 30.2 Å². The predicted molar refractivity (Wildman–Crippen MR) is 104 cm³/mol. The van der Waals surface area contributed by atoms with Crippen LogP contribution in [0.2, 0.25) is 0 Å². The Hall–Kier alpha value is -2.81. The summed E-state index contributed by atoms with van der Waals surface area (Å²) in [7, 11) is 3.30. The van der Waals surface area contributed by atoms with Gasteiger partial charge in [0, 0.05) is 12.3 Å². The van der Waals surface area contributed by atoms with Crippen molar-refractivity contribution in [3.05, 3.63) is 71.8 Å². The average Bonchev–Trinajstić information content (AvgIpc) is 2.67. The molecule has 0 amide bonds. The summed E-state index contributed by atoms with van der Waals surface area (Å²) in [6.45, 7) is 2.81. The molecule has 0 atom stereocenters. The summed E-state index contributed by atoms with van der Waals surface area (Å²) in [6, 6.07) is 20.9. The molecule has 0 aliphatic carbocycles. The maximum Gasteiger partial charge on any atom is 0.160 e. The third-order valence-electron chi connectivity index (χ3n) is 4.36. The highest BCUT2D eigenvalue weighted by atomic mass is 16.5. The van der Waals surface area contributed by atoms with Crippen molar-refractivity contribution in [2.45, 2.75) is 13.3 Å². The normalized spacial score (nSPS) is 11.6. The van der Waals surface area contributed by atoms with Gasteiger partial charge in [-0.3, -0.25) is 4.99 Å². The maximum absolute atomic E-state index is 5.35. The first-order chi connectivity index (χ1) is 12.2. The number of hydrogen-bond acceptors (Lipinski definition) is 3. The molecule has 3 rings (SSSR count). The van der Waals surface area contributed by atoms with E-state index in [0.29, 0.717) is 0 Å². The minimum atomic E-state index is 0.744. The van der Waals surface area contributed by atoms with Crippen molar-refractivity contribution in [1.82, 2.24) is 0 Å². The van der Waals surface area contributed by atoms with Gasteiger partial charge >= 0.3 is 0 Å². The Balaban J connectivity index is 1.70. The molecule has 0 spiro atoms. The zero-order chi connectivity index (χ0) is 17.6. The van der Waals surface area contributed by atoms with Gasteiger partial charge in [-0.1, -0.05) is 42.5 Å². The van der Waals surface area contributed by atoms with Crippen LogP contribution in [-0.4, -0.2) is 26.5 Å². The molecule has 0 saturated carbocycles. The standard InChI is InChI=1S/C22H23NO2/c1-16(19-10-9-18-6-4-5-7-20(18)15-19)23-13-12-17-8-11-21(24-2)22(14-17)25-3/h4-11,14-15H,12-13H2,1-3H3. The van der Waals surface area contributed by atoms with Gasteiger partial charge in [-0.05, 0) is 53.4 Å². The van der Waals surface area contributed by atoms with Crippen molar-refractivity contribution in [3.8, 4) is 11.5 Å². The van der Waals surface area contributed by atoms with Crippen molar-refractivity contribution < 1.29 is 9.47 Å². The Bertz CT molecular complexity index is 899. The summed E-state index contributed by atoms with van der Waals surface area (Å²) in [5, 5.41) is 2.50. The fraction of sp³-hybridized carbons (Fsp3) is 0.227. The van der Waals surface area contributed by atoms with E-state index in [-0.39, 0.29) is 0 Å². The number of hydrogen-bond donors (Lipinski definition) is 0. The fourth-order valence-electron chi connectivity index (χ4n) is 2.89. The number of ether oxygens (including phenoxy) is 2. The Morgan fingerprint density at radius 3 is 2.36 bits per heavy atom. The molecule has 3 nitrogen and oxygen atoms in total. The van der Waals surface area contributed by atoms with Gasteiger partial charge in [-0.2, -0.15) is 0 Å². The summed E-state index contributed by atoms with van der Waals surface area (Å²) >= 11 is 0. The molecule has 3 aromatic carbocycles. The first-order valence-electron chi connectivity index (χ1n) is 8.42. The van der Waals surface area contributed by atoms with Crippen molar-refractivity contribution >= 4 is 16.5 Å². The Morgan fingerprint density at radius 1 is 0.840 bits per heavy atom. The van der Waals surface area contributed by atoms with Gasteiger partial charge in [0.25, 0.3) is 0 Å². The molecule has 3 aromatic rings. The lowest BCUT2D eigenvalue weighted by Gasteiger charge is -2.09. The molecule has 25 heavy (non-hydrogen) atoms. The van der Waals surface area contributed by atoms with Crippen LogP contribution < -0.4 is 9.47 Å². The Labute approximate surface area is 148 Å². The molecule has 0 aliphatic rings. The minimum absolute atomic E-state index is 0.744. The quantitative estimate of drug-likeness (QED) is 0.600. The van der Waals surface area contributed by atoms with Crippen LogP contribution in [0, 0.1) is 0 Å². The van der Waals surface area contributed by atoms with Crippen LogP contribution in [0.5, 0.6) is 11.5 Å². The number of rotatable bonds is 6. The first-order valence-corrected chi connectivity index (χ1v) is 8.42. The number of fused-ring (bicyclic) bond motifs is 1. The molecule has 0 radical (unpaired) electrons. The van der Waals surface area contributed by atoms with Crippen molar-refractivity contribution in [3.63, 3.8) is 0 Å². The third kappa shape index (κ3) is 4.00. The first kappa shape index (κ1) is 17.0. The molecule has 128 valence electrons. The van der Waals surface area contributed by atoms with Crippen LogP contribution in [0.3, 0.4) is 0 Å². The molecular weight excluding hydrogens is 310 g/mol. The molecule has 0 unspecified atom stereocenters. The van der Waals surface area contributed by atoms with Crippen LogP contribution >= 0.6 is 0 Å². The lowest BCUT2D eigenvalue weighted by atomic mass is 10.0. The summed E-state index contributed by atoms with van der Waals surface area (Å²) in [4.78, 5) is 4.74. The summed E-state index contributed by atoms with van der Waals surface area (Å²) < 4.78 is 10.6. The van der Waals surface area contributed by atoms with Gasteiger partial charge in [0.1, 0.15) is 0 Å². The van der Waals surface area contributed by atoms with E-state index in [9.17, 15) is 0 Å². The molecular formula is C22H23NO2.